The molecule has 2 rings (SSSR count). The van der Waals surface area contributed by atoms with Gasteiger partial charge in [0.1, 0.15) is 5.82 Å². The summed E-state index contributed by atoms with van der Waals surface area (Å²) >= 11 is 3.34. The van der Waals surface area contributed by atoms with Crippen LogP contribution in [0.5, 0.6) is 0 Å². The molecule has 2 nitrogen and oxygen atoms in total. The van der Waals surface area contributed by atoms with Crippen molar-refractivity contribution in [2.24, 2.45) is 5.92 Å². The van der Waals surface area contributed by atoms with Crippen LogP contribution in [-0.2, 0) is 11.3 Å². The summed E-state index contributed by atoms with van der Waals surface area (Å²) in [7, 11) is 0. The van der Waals surface area contributed by atoms with E-state index in [0.717, 1.165) is 24.0 Å². The van der Waals surface area contributed by atoms with Crippen molar-refractivity contribution in [2.75, 3.05) is 13.1 Å². The van der Waals surface area contributed by atoms with E-state index in [2.05, 4.69) is 28.2 Å². The summed E-state index contributed by atoms with van der Waals surface area (Å²) in [5, 5.41) is 3.30. The van der Waals surface area contributed by atoms with Gasteiger partial charge in [-0.1, -0.05) is 22.9 Å². The van der Waals surface area contributed by atoms with Crippen molar-refractivity contribution in [3.05, 3.63) is 34.1 Å². The van der Waals surface area contributed by atoms with E-state index in [9.17, 15) is 4.39 Å². The van der Waals surface area contributed by atoms with Gasteiger partial charge in [-0.25, -0.2) is 4.39 Å². The summed E-state index contributed by atoms with van der Waals surface area (Å²) in [6.45, 7) is 4.42. The maximum Gasteiger partial charge on any atom is 0.128 e. The van der Waals surface area contributed by atoms with Gasteiger partial charge in [-0.15, -0.1) is 0 Å². The Morgan fingerprint density at radius 1 is 1.53 bits per heavy atom. The van der Waals surface area contributed by atoms with E-state index in [1.165, 1.54) is 6.07 Å². The minimum atomic E-state index is -0.204. The summed E-state index contributed by atoms with van der Waals surface area (Å²) in [6, 6.07) is 4.94. The predicted octanol–water partition coefficient (Wildman–Crippen LogP) is 3.10. The van der Waals surface area contributed by atoms with Gasteiger partial charge in [0.15, 0.2) is 0 Å². The van der Waals surface area contributed by atoms with Gasteiger partial charge in [0.2, 0.25) is 0 Å². The molecular formula is C13H17BrFNO. The third-order valence-corrected chi connectivity index (χ3v) is 3.71. The van der Waals surface area contributed by atoms with Gasteiger partial charge < -0.3 is 10.1 Å². The van der Waals surface area contributed by atoms with Gasteiger partial charge in [0.05, 0.1) is 12.7 Å². The third-order valence-electron chi connectivity index (χ3n) is 3.22. The molecule has 94 valence electrons. The van der Waals surface area contributed by atoms with Crippen LogP contribution >= 0.6 is 15.9 Å². The average molecular weight is 302 g/mol. The minimum Gasteiger partial charge on any atom is -0.372 e. The number of halogens is 2. The zero-order valence-electron chi connectivity index (χ0n) is 9.88. The first-order valence-corrected chi connectivity index (χ1v) is 6.72. The Morgan fingerprint density at radius 3 is 3.12 bits per heavy atom. The number of hydrogen-bond donors (Lipinski definition) is 1. The summed E-state index contributed by atoms with van der Waals surface area (Å²) in [5.41, 5.74) is 0.608. The monoisotopic (exact) mass is 301 g/mol. The lowest BCUT2D eigenvalue weighted by atomic mass is 9.97. The van der Waals surface area contributed by atoms with Crippen LogP contribution in [-0.4, -0.2) is 19.2 Å². The van der Waals surface area contributed by atoms with Gasteiger partial charge in [0, 0.05) is 16.6 Å². The molecule has 1 fully saturated rings. The van der Waals surface area contributed by atoms with Crippen LogP contribution in [0.4, 0.5) is 4.39 Å². The zero-order valence-corrected chi connectivity index (χ0v) is 11.5. The molecule has 0 radical (unpaired) electrons. The Kier molecular flexibility index (Phi) is 4.54. The molecule has 1 heterocycles. The lowest BCUT2D eigenvalue weighted by Crippen LogP contribution is -2.40. The standard InChI is InChI=1S/C13H17BrFNO/c1-9-4-5-16-7-13(9)17-8-10-6-11(14)2-3-12(10)15/h2-3,6,9,13,16H,4-5,7-8H2,1H3. The highest BCUT2D eigenvalue weighted by Crippen LogP contribution is 2.20. The molecule has 4 heteroatoms. The molecular weight excluding hydrogens is 285 g/mol. The molecule has 0 aliphatic carbocycles. The van der Waals surface area contributed by atoms with Crippen molar-refractivity contribution in [3.8, 4) is 0 Å². The van der Waals surface area contributed by atoms with E-state index in [1.807, 2.05) is 0 Å². The van der Waals surface area contributed by atoms with Crippen LogP contribution in [0, 0.1) is 11.7 Å². The molecule has 0 aromatic heterocycles. The average Bonchev–Trinajstić information content (AvgIpc) is 2.32. The maximum atomic E-state index is 13.5. The Morgan fingerprint density at radius 2 is 2.35 bits per heavy atom. The van der Waals surface area contributed by atoms with Gasteiger partial charge >= 0.3 is 0 Å². The molecule has 1 N–H and O–H groups in total. The molecule has 2 atom stereocenters. The number of hydrogen-bond acceptors (Lipinski definition) is 2. The Bertz CT molecular complexity index is 386. The molecule has 1 aromatic carbocycles. The van der Waals surface area contributed by atoms with Gasteiger partial charge in [-0.2, -0.15) is 0 Å². The lowest BCUT2D eigenvalue weighted by Gasteiger charge is -2.29. The van der Waals surface area contributed by atoms with E-state index in [4.69, 9.17) is 4.74 Å². The van der Waals surface area contributed by atoms with Crippen LogP contribution in [0.1, 0.15) is 18.9 Å². The van der Waals surface area contributed by atoms with Crippen LogP contribution < -0.4 is 5.32 Å². The predicted molar refractivity (Wildman–Crippen MR) is 69.3 cm³/mol. The minimum absolute atomic E-state index is 0.183. The second-order valence-electron chi connectivity index (χ2n) is 4.56. The Hall–Kier alpha value is -0.450. The molecule has 0 spiro atoms. The first-order chi connectivity index (χ1) is 8.16. The zero-order chi connectivity index (χ0) is 12.3. The fourth-order valence-electron chi connectivity index (χ4n) is 2.04. The van der Waals surface area contributed by atoms with Gasteiger partial charge in [-0.3, -0.25) is 0 Å². The lowest BCUT2D eigenvalue weighted by molar-refractivity contribution is -0.00767. The molecule has 0 bridgehead atoms. The molecule has 17 heavy (non-hydrogen) atoms. The van der Waals surface area contributed by atoms with Crippen molar-refractivity contribution < 1.29 is 9.13 Å². The maximum absolute atomic E-state index is 13.5. The van der Waals surface area contributed by atoms with Crippen molar-refractivity contribution in [1.29, 1.82) is 0 Å². The van der Waals surface area contributed by atoms with Crippen LogP contribution in [0.3, 0.4) is 0 Å². The van der Waals surface area contributed by atoms with Crippen molar-refractivity contribution >= 4 is 15.9 Å². The fourth-order valence-corrected chi connectivity index (χ4v) is 2.44. The summed E-state index contributed by atoms with van der Waals surface area (Å²) < 4.78 is 20.2. The second-order valence-corrected chi connectivity index (χ2v) is 5.47. The molecule has 1 aromatic rings. The SMILES string of the molecule is CC1CCNCC1OCc1cc(Br)ccc1F. The Balaban J connectivity index is 1.94. The van der Waals surface area contributed by atoms with E-state index >= 15 is 0 Å². The number of piperidine rings is 1. The molecule has 1 aliphatic rings. The second kappa shape index (κ2) is 5.94. The van der Waals surface area contributed by atoms with Crippen molar-refractivity contribution in [1.82, 2.24) is 5.32 Å². The summed E-state index contributed by atoms with van der Waals surface area (Å²) in [6.07, 6.45) is 1.30. The first-order valence-electron chi connectivity index (χ1n) is 5.93. The molecule has 0 saturated carbocycles. The molecule has 0 amide bonds. The van der Waals surface area contributed by atoms with E-state index < -0.39 is 0 Å². The highest BCUT2D eigenvalue weighted by Gasteiger charge is 2.21. The third kappa shape index (κ3) is 3.50. The number of ether oxygens (including phenoxy) is 1. The van der Waals surface area contributed by atoms with Crippen molar-refractivity contribution in [3.63, 3.8) is 0 Å². The molecule has 2 unspecified atom stereocenters. The largest absolute Gasteiger partial charge is 0.372 e. The highest BCUT2D eigenvalue weighted by molar-refractivity contribution is 9.10. The number of nitrogens with one attached hydrogen (secondary N) is 1. The van der Waals surface area contributed by atoms with E-state index in [-0.39, 0.29) is 11.9 Å². The fraction of sp³-hybridized carbons (Fsp3) is 0.538. The first kappa shape index (κ1) is 13.0. The normalized spacial score (nSPS) is 24.9. The van der Waals surface area contributed by atoms with E-state index in [0.29, 0.717) is 18.1 Å². The Labute approximate surface area is 110 Å². The van der Waals surface area contributed by atoms with Crippen LogP contribution in [0.25, 0.3) is 0 Å². The summed E-state index contributed by atoms with van der Waals surface area (Å²) in [5.74, 6) is 0.330. The molecule has 1 saturated heterocycles. The highest BCUT2D eigenvalue weighted by atomic mass is 79.9. The van der Waals surface area contributed by atoms with E-state index in [1.54, 1.807) is 12.1 Å². The van der Waals surface area contributed by atoms with Gasteiger partial charge in [0.25, 0.3) is 0 Å². The molecule has 1 aliphatic heterocycles. The number of rotatable bonds is 3. The number of benzene rings is 1. The van der Waals surface area contributed by atoms with Crippen LogP contribution in [0.15, 0.2) is 22.7 Å². The summed E-state index contributed by atoms with van der Waals surface area (Å²) in [4.78, 5) is 0. The smallest absolute Gasteiger partial charge is 0.128 e. The van der Waals surface area contributed by atoms with Gasteiger partial charge in [-0.05, 0) is 37.1 Å². The van der Waals surface area contributed by atoms with Crippen molar-refractivity contribution in [2.45, 2.75) is 26.1 Å². The van der Waals surface area contributed by atoms with Crippen LogP contribution in [0.2, 0.25) is 0 Å². The topological polar surface area (TPSA) is 21.3 Å². The quantitative estimate of drug-likeness (QED) is 0.926.